The number of hydrogen-bond acceptors (Lipinski definition) is 3. The molecule has 1 aromatic heterocycles. The Balaban J connectivity index is 1.19. The predicted molar refractivity (Wildman–Crippen MR) is 155 cm³/mol. The summed E-state index contributed by atoms with van der Waals surface area (Å²) in [6.07, 6.45) is -1.91. The van der Waals surface area contributed by atoms with Crippen molar-refractivity contribution in [1.82, 2.24) is 0 Å². The molecule has 4 nitrogen and oxygen atoms in total. The van der Waals surface area contributed by atoms with Crippen LogP contribution in [0.3, 0.4) is 0 Å². The van der Waals surface area contributed by atoms with E-state index in [1.54, 1.807) is 30.5 Å². The number of carbonyl (C=O) groups excluding carboxylic acids is 1. The van der Waals surface area contributed by atoms with E-state index < -0.39 is 11.7 Å². The Bertz CT molecular complexity index is 1710. The highest BCUT2D eigenvalue weighted by Gasteiger charge is 2.30. The van der Waals surface area contributed by atoms with Crippen molar-refractivity contribution in [3.63, 3.8) is 0 Å². The number of nitrogens with zero attached hydrogens (tertiary/aromatic N) is 1. The number of hydrogen-bond donors (Lipinski definition) is 1. The highest BCUT2D eigenvalue weighted by atomic mass is 19.4. The number of fused-ring (bicyclic) bond motifs is 1. The highest BCUT2D eigenvalue weighted by molar-refractivity contribution is 6.08. The molecule has 0 aliphatic carbocycles. The predicted octanol–water partition coefficient (Wildman–Crippen LogP) is 8.76. The lowest BCUT2D eigenvalue weighted by Gasteiger charge is -2.32. The SMILES string of the molecule is Cc1c(-c2ccco2)cccc1N1CCc2cc(NC(=O)c3ccccc3-c3ccc(C(F)(F)F)cc3)ccc2C1. The lowest BCUT2D eigenvalue weighted by atomic mass is 9.96. The van der Waals surface area contributed by atoms with Crippen molar-refractivity contribution in [2.45, 2.75) is 26.1 Å². The van der Waals surface area contributed by atoms with Crippen LogP contribution in [-0.2, 0) is 19.1 Å². The van der Waals surface area contributed by atoms with E-state index in [-0.39, 0.29) is 5.91 Å². The normalized spacial score (nSPS) is 13.1. The topological polar surface area (TPSA) is 45.5 Å². The number of benzene rings is 4. The van der Waals surface area contributed by atoms with Gasteiger partial charge in [-0.15, -0.1) is 0 Å². The van der Waals surface area contributed by atoms with Crippen molar-refractivity contribution in [3.05, 3.63) is 131 Å². The van der Waals surface area contributed by atoms with E-state index in [1.165, 1.54) is 34.5 Å². The molecule has 5 aromatic rings. The first-order valence-corrected chi connectivity index (χ1v) is 13.4. The number of carbonyl (C=O) groups is 1. The van der Waals surface area contributed by atoms with Gasteiger partial charge in [-0.1, -0.05) is 48.5 Å². The smallest absolute Gasteiger partial charge is 0.416 e. The van der Waals surface area contributed by atoms with Crippen molar-refractivity contribution in [2.75, 3.05) is 16.8 Å². The summed E-state index contributed by atoms with van der Waals surface area (Å²) in [4.78, 5) is 15.7. The summed E-state index contributed by atoms with van der Waals surface area (Å²) in [5.41, 5.74) is 7.24. The van der Waals surface area contributed by atoms with Crippen LogP contribution in [0.1, 0.15) is 32.6 Å². The first-order valence-electron chi connectivity index (χ1n) is 13.4. The van der Waals surface area contributed by atoms with Gasteiger partial charge in [0.2, 0.25) is 0 Å². The second-order valence-electron chi connectivity index (χ2n) is 10.2. The molecule has 7 heteroatoms. The quantitative estimate of drug-likeness (QED) is 0.237. The van der Waals surface area contributed by atoms with Crippen LogP contribution in [0.5, 0.6) is 0 Å². The summed E-state index contributed by atoms with van der Waals surface area (Å²) in [7, 11) is 0. The van der Waals surface area contributed by atoms with Gasteiger partial charge in [-0.3, -0.25) is 4.79 Å². The zero-order valence-electron chi connectivity index (χ0n) is 22.3. The Labute approximate surface area is 236 Å². The molecular weight excluding hydrogens is 525 g/mol. The minimum absolute atomic E-state index is 0.316. The molecule has 4 aromatic carbocycles. The molecule has 0 spiro atoms. The highest BCUT2D eigenvalue weighted by Crippen LogP contribution is 2.35. The molecule has 6 rings (SSSR count). The molecule has 0 saturated carbocycles. The third kappa shape index (κ3) is 5.35. The minimum Gasteiger partial charge on any atom is -0.464 e. The molecule has 1 N–H and O–H groups in total. The van der Waals surface area contributed by atoms with Gasteiger partial charge in [-0.05, 0) is 89.7 Å². The number of anilines is 2. The summed E-state index contributed by atoms with van der Waals surface area (Å²) >= 11 is 0. The van der Waals surface area contributed by atoms with Crippen molar-refractivity contribution in [2.24, 2.45) is 0 Å². The van der Waals surface area contributed by atoms with E-state index in [9.17, 15) is 18.0 Å². The van der Waals surface area contributed by atoms with Crippen LogP contribution in [0.25, 0.3) is 22.5 Å². The van der Waals surface area contributed by atoms with E-state index in [0.29, 0.717) is 22.4 Å². The molecule has 0 saturated heterocycles. The Kier molecular flexibility index (Phi) is 6.87. The number of alkyl halides is 3. The third-order valence-electron chi connectivity index (χ3n) is 7.60. The van der Waals surface area contributed by atoms with Gasteiger partial charge in [0.25, 0.3) is 5.91 Å². The van der Waals surface area contributed by atoms with Gasteiger partial charge in [-0.25, -0.2) is 0 Å². The number of nitrogens with one attached hydrogen (secondary N) is 1. The zero-order chi connectivity index (χ0) is 28.6. The molecule has 0 unspecified atom stereocenters. The van der Waals surface area contributed by atoms with E-state index >= 15 is 0 Å². The first kappa shape index (κ1) is 26.4. The lowest BCUT2D eigenvalue weighted by molar-refractivity contribution is -0.137. The van der Waals surface area contributed by atoms with E-state index in [0.717, 1.165) is 43.0 Å². The van der Waals surface area contributed by atoms with Crippen LogP contribution in [0.4, 0.5) is 24.5 Å². The van der Waals surface area contributed by atoms with Gasteiger partial charge < -0.3 is 14.6 Å². The number of halogens is 3. The van der Waals surface area contributed by atoms with Crippen molar-refractivity contribution >= 4 is 17.3 Å². The fourth-order valence-corrected chi connectivity index (χ4v) is 5.47. The molecule has 1 aliphatic rings. The third-order valence-corrected chi connectivity index (χ3v) is 7.60. The van der Waals surface area contributed by atoms with Crippen LogP contribution in [0, 0.1) is 6.92 Å². The fraction of sp³-hybridized carbons (Fsp3) is 0.147. The summed E-state index contributed by atoms with van der Waals surface area (Å²) in [5.74, 6) is 0.533. The van der Waals surface area contributed by atoms with Crippen molar-refractivity contribution in [1.29, 1.82) is 0 Å². The van der Waals surface area contributed by atoms with Gasteiger partial charge in [0, 0.05) is 35.6 Å². The minimum atomic E-state index is -4.41. The second-order valence-corrected chi connectivity index (χ2v) is 10.2. The lowest BCUT2D eigenvalue weighted by Crippen LogP contribution is -2.31. The molecule has 1 amide bonds. The van der Waals surface area contributed by atoms with Gasteiger partial charge in [-0.2, -0.15) is 13.2 Å². The molecule has 0 radical (unpaired) electrons. The molecule has 0 bridgehead atoms. The zero-order valence-corrected chi connectivity index (χ0v) is 22.3. The monoisotopic (exact) mass is 552 g/mol. The Morgan fingerprint density at radius 2 is 1.63 bits per heavy atom. The standard InChI is InChI=1S/C34H27F3N2O2/c1-22-28(32-10-5-19-41-32)8-4-9-31(22)39-18-17-24-20-27(16-13-25(24)21-39)38-33(40)30-7-3-2-6-29(30)23-11-14-26(15-12-23)34(35,36)37/h2-16,19-20H,17-18,21H2,1H3,(H,38,40). The summed E-state index contributed by atoms with van der Waals surface area (Å²) < 4.78 is 44.7. The molecule has 0 fully saturated rings. The fourth-order valence-electron chi connectivity index (χ4n) is 5.47. The molecule has 0 atom stereocenters. The average molecular weight is 553 g/mol. The Hall–Kier alpha value is -4.78. The summed E-state index contributed by atoms with van der Waals surface area (Å²) in [5, 5.41) is 2.99. The molecule has 206 valence electrons. The van der Waals surface area contributed by atoms with E-state index in [1.807, 2.05) is 30.3 Å². The summed E-state index contributed by atoms with van der Waals surface area (Å²) in [6.45, 7) is 3.70. The number of furan rings is 1. The maximum absolute atomic E-state index is 13.3. The molecule has 1 aliphatic heterocycles. The maximum atomic E-state index is 13.3. The molecular formula is C34H27F3N2O2. The van der Waals surface area contributed by atoms with Crippen molar-refractivity contribution < 1.29 is 22.4 Å². The van der Waals surface area contributed by atoms with Gasteiger partial charge in [0.15, 0.2) is 0 Å². The van der Waals surface area contributed by atoms with Gasteiger partial charge in [0.05, 0.1) is 11.8 Å². The van der Waals surface area contributed by atoms with Gasteiger partial charge >= 0.3 is 6.18 Å². The van der Waals surface area contributed by atoms with Crippen molar-refractivity contribution in [3.8, 4) is 22.5 Å². The largest absolute Gasteiger partial charge is 0.464 e. The van der Waals surface area contributed by atoms with E-state index in [4.69, 9.17) is 4.42 Å². The van der Waals surface area contributed by atoms with Gasteiger partial charge in [0.1, 0.15) is 5.76 Å². The van der Waals surface area contributed by atoms with E-state index in [2.05, 4.69) is 35.3 Å². The Morgan fingerprint density at radius 3 is 2.39 bits per heavy atom. The molecule has 41 heavy (non-hydrogen) atoms. The summed E-state index contributed by atoms with van der Waals surface area (Å²) in [6, 6.07) is 27.8. The Morgan fingerprint density at radius 1 is 0.854 bits per heavy atom. The number of rotatable bonds is 5. The van der Waals surface area contributed by atoms with Crippen LogP contribution in [0.2, 0.25) is 0 Å². The van der Waals surface area contributed by atoms with Crippen LogP contribution in [-0.4, -0.2) is 12.5 Å². The molecule has 2 heterocycles. The average Bonchev–Trinajstić information content (AvgIpc) is 3.52. The van der Waals surface area contributed by atoms with Crippen LogP contribution in [0.15, 0.2) is 108 Å². The van der Waals surface area contributed by atoms with Crippen LogP contribution < -0.4 is 10.2 Å². The maximum Gasteiger partial charge on any atom is 0.416 e. The first-order chi connectivity index (χ1) is 19.8. The number of amides is 1. The van der Waals surface area contributed by atoms with Crippen LogP contribution >= 0.6 is 0 Å². The second kappa shape index (κ2) is 10.7.